The molecule has 0 aromatic heterocycles. The normalized spacial score (nSPS) is 13.5. The van der Waals surface area contributed by atoms with Crippen molar-refractivity contribution in [2.75, 3.05) is 13.2 Å². The lowest BCUT2D eigenvalue weighted by Crippen LogP contribution is -2.30. The van der Waals surface area contributed by atoms with E-state index in [1.165, 1.54) is 25.7 Å². The van der Waals surface area contributed by atoms with E-state index in [1.807, 2.05) is 72.9 Å². The molecule has 0 bridgehead atoms. The topological polar surface area (TPSA) is 78.9 Å². The molecule has 0 aliphatic heterocycles. The molecule has 70 heavy (non-hydrogen) atoms. The van der Waals surface area contributed by atoms with Gasteiger partial charge in [-0.2, -0.15) is 0 Å². The molecule has 0 fully saturated rings. The SMILES string of the molecule is CC\C=C/C=C\C=C/C=C\C=C\C=C/C=C\CCCCCC(=O)OCC(COC(=O)CCCCCCCCC/C=C\C/C=C\CC)OC(=O)CCCCC/C=C\C/C=C\C/C=C\C/C=C\C/C=C\CC. The van der Waals surface area contributed by atoms with Crippen LogP contribution < -0.4 is 0 Å². The molecule has 0 N–H and O–H groups in total. The predicted octanol–water partition coefficient (Wildman–Crippen LogP) is 18.4. The quantitative estimate of drug-likeness (QED) is 0.0199. The molecule has 0 aromatic carbocycles. The van der Waals surface area contributed by atoms with Crippen LogP contribution in [-0.4, -0.2) is 37.2 Å². The number of carbonyl (C=O) groups excluding carboxylic acids is 3. The second-order valence-corrected chi connectivity index (χ2v) is 17.2. The Kier molecular flexibility index (Phi) is 52.1. The van der Waals surface area contributed by atoms with Crippen LogP contribution in [0.15, 0.2) is 170 Å². The van der Waals surface area contributed by atoms with Crippen LogP contribution in [0.4, 0.5) is 0 Å². The highest BCUT2D eigenvalue weighted by Crippen LogP contribution is 2.13. The number of hydrogen-bond acceptors (Lipinski definition) is 6. The zero-order chi connectivity index (χ0) is 50.7. The van der Waals surface area contributed by atoms with Crippen molar-refractivity contribution in [3.8, 4) is 0 Å². The van der Waals surface area contributed by atoms with Gasteiger partial charge in [0.05, 0.1) is 0 Å². The average molecular weight is 961 g/mol. The number of carbonyl (C=O) groups is 3. The summed E-state index contributed by atoms with van der Waals surface area (Å²) in [5.74, 6) is -1.02. The third-order valence-corrected chi connectivity index (χ3v) is 10.6. The van der Waals surface area contributed by atoms with E-state index in [2.05, 4.69) is 118 Å². The first-order chi connectivity index (χ1) is 34.5. The highest BCUT2D eigenvalue weighted by Gasteiger charge is 2.19. The van der Waals surface area contributed by atoms with Gasteiger partial charge in [-0.1, -0.05) is 236 Å². The van der Waals surface area contributed by atoms with Gasteiger partial charge in [0.25, 0.3) is 0 Å². The van der Waals surface area contributed by atoms with Gasteiger partial charge in [-0.05, 0) is 109 Å². The fraction of sp³-hybridized carbons (Fsp3) is 0.516. The fourth-order valence-electron chi connectivity index (χ4n) is 6.66. The number of rotatable bonds is 46. The van der Waals surface area contributed by atoms with Crippen molar-refractivity contribution in [3.63, 3.8) is 0 Å². The summed E-state index contributed by atoms with van der Waals surface area (Å²) in [6.07, 6.45) is 83.3. The summed E-state index contributed by atoms with van der Waals surface area (Å²) in [5, 5.41) is 0. The largest absolute Gasteiger partial charge is 0.462 e. The van der Waals surface area contributed by atoms with Gasteiger partial charge < -0.3 is 14.2 Å². The zero-order valence-electron chi connectivity index (χ0n) is 44.2. The van der Waals surface area contributed by atoms with Crippen LogP contribution in [0.5, 0.6) is 0 Å². The van der Waals surface area contributed by atoms with E-state index in [1.54, 1.807) is 0 Å². The molecule has 0 spiro atoms. The van der Waals surface area contributed by atoms with Gasteiger partial charge in [-0.25, -0.2) is 0 Å². The van der Waals surface area contributed by atoms with E-state index in [0.29, 0.717) is 19.3 Å². The van der Waals surface area contributed by atoms with Crippen LogP contribution in [0.3, 0.4) is 0 Å². The van der Waals surface area contributed by atoms with Crippen molar-refractivity contribution >= 4 is 17.9 Å². The number of hydrogen-bond donors (Lipinski definition) is 0. The van der Waals surface area contributed by atoms with Crippen LogP contribution in [-0.2, 0) is 28.6 Å². The van der Waals surface area contributed by atoms with Crippen molar-refractivity contribution in [2.24, 2.45) is 0 Å². The predicted molar refractivity (Wildman–Crippen MR) is 301 cm³/mol. The van der Waals surface area contributed by atoms with Crippen LogP contribution in [0.1, 0.15) is 194 Å². The van der Waals surface area contributed by atoms with Gasteiger partial charge in [-0.15, -0.1) is 0 Å². The molecule has 0 rings (SSSR count). The van der Waals surface area contributed by atoms with Crippen LogP contribution in [0, 0.1) is 0 Å². The van der Waals surface area contributed by atoms with Crippen molar-refractivity contribution < 1.29 is 28.6 Å². The van der Waals surface area contributed by atoms with E-state index in [0.717, 1.165) is 116 Å². The standard InChI is InChI=1S/C64H96O6/c1-4-7-10-13-16-19-22-25-28-30-32-34-36-39-42-45-48-51-54-57-63(66)69-60-61(59-68-62(65)56-53-50-47-44-41-38-27-24-21-18-15-12-9-6-3)70-64(67)58-55-52-49-46-43-40-37-35-33-31-29-26-23-20-17-14-11-8-5-2/h7-13,16-22,25-26,28-30,32-36,39-40,42-43,61H,4-6,14-15,23-24,27,31,37-38,41,44-60H2,1-3H3/b10-7-,11-8-,12-9-,16-13-,20-17-,21-18-,22-19-,28-25-,29-26-,32-30+,35-33-,36-34-,42-39-,43-40-. The van der Waals surface area contributed by atoms with Crippen molar-refractivity contribution in [1.82, 2.24) is 0 Å². The summed E-state index contributed by atoms with van der Waals surface area (Å²) in [6, 6.07) is 0. The van der Waals surface area contributed by atoms with Crippen LogP contribution >= 0.6 is 0 Å². The molecule has 0 saturated heterocycles. The lowest BCUT2D eigenvalue weighted by atomic mass is 10.1. The second-order valence-electron chi connectivity index (χ2n) is 17.2. The second kappa shape index (κ2) is 56.4. The molecular formula is C64H96O6. The van der Waals surface area contributed by atoms with Gasteiger partial charge in [0.15, 0.2) is 6.10 Å². The lowest BCUT2D eigenvalue weighted by molar-refractivity contribution is -0.167. The Morgan fingerprint density at radius 1 is 0.300 bits per heavy atom. The zero-order valence-corrected chi connectivity index (χ0v) is 44.2. The van der Waals surface area contributed by atoms with Gasteiger partial charge in [0.2, 0.25) is 0 Å². The first-order valence-corrected chi connectivity index (χ1v) is 27.2. The van der Waals surface area contributed by atoms with Crippen molar-refractivity contribution in [3.05, 3.63) is 170 Å². The minimum atomic E-state index is -0.828. The van der Waals surface area contributed by atoms with Crippen LogP contribution in [0.25, 0.3) is 0 Å². The highest BCUT2D eigenvalue weighted by molar-refractivity contribution is 5.71. The highest BCUT2D eigenvalue weighted by atomic mass is 16.6. The third kappa shape index (κ3) is 53.7. The lowest BCUT2D eigenvalue weighted by Gasteiger charge is -2.18. The van der Waals surface area contributed by atoms with Crippen molar-refractivity contribution in [2.45, 2.75) is 200 Å². The number of ether oxygens (including phenoxy) is 3. The van der Waals surface area contributed by atoms with E-state index in [4.69, 9.17) is 14.2 Å². The maximum atomic E-state index is 12.8. The molecule has 0 heterocycles. The summed E-state index contributed by atoms with van der Waals surface area (Å²) in [5.41, 5.74) is 0. The Bertz CT molecular complexity index is 1670. The molecule has 0 saturated carbocycles. The Hall–Kier alpha value is -5.23. The molecule has 388 valence electrons. The van der Waals surface area contributed by atoms with Crippen molar-refractivity contribution in [1.29, 1.82) is 0 Å². The first kappa shape index (κ1) is 64.8. The molecule has 1 atom stereocenters. The number of allylic oxidation sites excluding steroid dienone is 28. The van der Waals surface area contributed by atoms with Gasteiger partial charge >= 0.3 is 17.9 Å². The number of unbranched alkanes of at least 4 members (excludes halogenated alkanes) is 13. The molecule has 0 aliphatic rings. The molecule has 6 heteroatoms. The Morgan fingerprint density at radius 2 is 0.586 bits per heavy atom. The maximum absolute atomic E-state index is 12.8. The van der Waals surface area contributed by atoms with E-state index in [9.17, 15) is 14.4 Å². The summed E-state index contributed by atoms with van der Waals surface area (Å²) in [6.45, 7) is 6.17. The average Bonchev–Trinajstić information content (AvgIpc) is 3.36. The van der Waals surface area contributed by atoms with Gasteiger partial charge in [-0.3, -0.25) is 14.4 Å². The molecule has 0 aliphatic carbocycles. The Balaban J connectivity index is 4.61. The molecule has 0 aromatic rings. The Labute approximate surface area is 428 Å². The summed E-state index contributed by atoms with van der Waals surface area (Å²) in [7, 11) is 0. The molecule has 6 nitrogen and oxygen atoms in total. The summed E-state index contributed by atoms with van der Waals surface area (Å²) in [4.78, 5) is 38.1. The van der Waals surface area contributed by atoms with E-state index < -0.39 is 6.10 Å². The smallest absolute Gasteiger partial charge is 0.306 e. The molecule has 1 unspecified atom stereocenters. The molecular weight excluding hydrogens is 865 g/mol. The number of esters is 3. The van der Waals surface area contributed by atoms with Gasteiger partial charge in [0, 0.05) is 19.3 Å². The summed E-state index contributed by atoms with van der Waals surface area (Å²) >= 11 is 0. The minimum absolute atomic E-state index is 0.120. The molecule has 0 amide bonds. The molecule has 0 radical (unpaired) electrons. The van der Waals surface area contributed by atoms with Crippen LogP contribution in [0.2, 0.25) is 0 Å². The fourth-order valence-corrected chi connectivity index (χ4v) is 6.66. The monoisotopic (exact) mass is 961 g/mol. The maximum Gasteiger partial charge on any atom is 0.306 e. The van der Waals surface area contributed by atoms with E-state index in [-0.39, 0.29) is 44.0 Å². The van der Waals surface area contributed by atoms with E-state index >= 15 is 0 Å². The van der Waals surface area contributed by atoms with Gasteiger partial charge in [0.1, 0.15) is 13.2 Å². The Morgan fingerprint density at radius 3 is 0.986 bits per heavy atom. The summed E-state index contributed by atoms with van der Waals surface area (Å²) < 4.78 is 16.8. The minimum Gasteiger partial charge on any atom is -0.462 e. The first-order valence-electron chi connectivity index (χ1n) is 27.2. The third-order valence-electron chi connectivity index (χ3n) is 10.6.